The van der Waals surface area contributed by atoms with Gasteiger partial charge < -0.3 is 9.88 Å². The molecular weight excluding hydrogens is 290 g/mol. The van der Waals surface area contributed by atoms with Crippen molar-refractivity contribution in [2.24, 2.45) is 0 Å². The summed E-state index contributed by atoms with van der Waals surface area (Å²) < 4.78 is 2.03. The summed E-state index contributed by atoms with van der Waals surface area (Å²) in [6, 6.07) is 8.69. The standard InChI is InChI=1S/C17H23N5O/c1-13(2)22-12-19-20-16(22)7-8-18-17(23)11-21-9-14-5-3-4-6-15(14)10-21/h3-6,12-13H,7-11H2,1-2H3,(H,18,23). The molecule has 1 amide bonds. The maximum absolute atomic E-state index is 12.1. The molecular formula is C17H23N5O. The lowest BCUT2D eigenvalue weighted by Gasteiger charge is -2.14. The number of carbonyl (C=O) groups excluding carboxylic acids is 1. The summed E-state index contributed by atoms with van der Waals surface area (Å²) in [5.74, 6) is 0.974. The highest BCUT2D eigenvalue weighted by Crippen LogP contribution is 2.21. The van der Waals surface area contributed by atoms with Crippen LogP contribution in [0.5, 0.6) is 0 Å². The molecule has 0 atom stereocenters. The molecule has 2 heterocycles. The molecule has 1 N–H and O–H groups in total. The lowest BCUT2D eigenvalue weighted by molar-refractivity contribution is -0.122. The van der Waals surface area contributed by atoms with Gasteiger partial charge in [0.1, 0.15) is 12.2 Å². The van der Waals surface area contributed by atoms with E-state index in [0.717, 1.165) is 18.9 Å². The normalized spacial score (nSPS) is 14.2. The van der Waals surface area contributed by atoms with Gasteiger partial charge in [0.2, 0.25) is 5.91 Å². The van der Waals surface area contributed by atoms with Crippen LogP contribution in [0.25, 0.3) is 0 Å². The summed E-state index contributed by atoms with van der Waals surface area (Å²) in [5.41, 5.74) is 2.65. The fourth-order valence-electron chi connectivity index (χ4n) is 2.97. The Labute approximate surface area is 136 Å². The smallest absolute Gasteiger partial charge is 0.234 e. The van der Waals surface area contributed by atoms with Crippen molar-refractivity contribution in [3.8, 4) is 0 Å². The summed E-state index contributed by atoms with van der Waals surface area (Å²) in [6.45, 7) is 6.92. The Bertz CT molecular complexity index is 654. The van der Waals surface area contributed by atoms with Gasteiger partial charge in [-0.1, -0.05) is 24.3 Å². The Morgan fingerprint density at radius 3 is 2.61 bits per heavy atom. The molecule has 0 spiro atoms. The number of fused-ring (bicyclic) bond motifs is 1. The molecule has 0 fully saturated rings. The zero-order chi connectivity index (χ0) is 16.2. The topological polar surface area (TPSA) is 63.1 Å². The van der Waals surface area contributed by atoms with Gasteiger partial charge in [0.25, 0.3) is 0 Å². The van der Waals surface area contributed by atoms with Crippen molar-refractivity contribution < 1.29 is 4.79 Å². The number of amides is 1. The minimum absolute atomic E-state index is 0.0634. The van der Waals surface area contributed by atoms with E-state index in [1.54, 1.807) is 6.33 Å². The highest BCUT2D eigenvalue weighted by Gasteiger charge is 2.20. The number of nitrogens with zero attached hydrogens (tertiary/aromatic N) is 4. The van der Waals surface area contributed by atoms with E-state index in [1.807, 2.05) is 16.7 Å². The van der Waals surface area contributed by atoms with Crippen molar-refractivity contribution in [3.05, 3.63) is 47.5 Å². The molecule has 6 nitrogen and oxygen atoms in total. The Hall–Kier alpha value is -2.21. The van der Waals surface area contributed by atoms with Crippen LogP contribution < -0.4 is 5.32 Å². The van der Waals surface area contributed by atoms with Crippen molar-refractivity contribution in [2.75, 3.05) is 13.1 Å². The average Bonchev–Trinajstić information content (AvgIpc) is 3.12. The van der Waals surface area contributed by atoms with Crippen LogP contribution in [-0.2, 0) is 24.3 Å². The number of hydrogen-bond donors (Lipinski definition) is 1. The molecule has 0 saturated carbocycles. The third-order valence-corrected chi connectivity index (χ3v) is 4.15. The van der Waals surface area contributed by atoms with Crippen molar-refractivity contribution >= 4 is 5.91 Å². The lowest BCUT2D eigenvalue weighted by Crippen LogP contribution is -2.35. The zero-order valence-corrected chi connectivity index (χ0v) is 13.7. The molecule has 0 saturated heterocycles. The fraction of sp³-hybridized carbons (Fsp3) is 0.471. The maximum atomic E-state index is 12.1. The zero-order valence-electron chi connectivity index (χ0n) is 13.7. The quantitative estimate of drug-likeness (QED) is 0.878. The van der Waals surface area contributed by atoms with Gasteiger partial charge in [-0.25, -0.2) is 0 Å². The lowest BCUT2D eigenvalue weighted by atomic mass is 10.1. The minimum Gasteiger partial charge on any atom is -0.355 e. The summed E-state index contributed by atoms with van der Waals surface area (Å²) in [7, 11) is 0. The van der Waals surface area contributed by atoms with E-state index in [1.165, 1.54) is 11.1 Å². The fourth-order valence-corrected chi connectivity index (χ4v) is 2.97. The number of hydrogen-bond acceptors (Lipinski definition) is 4. The predicted molar refractivity (Wildman–Crippen MR) is 87.7 cm³/mol. The molecule has 0 unspecified atom stereocenters. The van der Waals surface area contributed by atoms with Crippen molar-refractivity contribution in [3.63, 3.8) is 0 Å². The molecule has 122 valence electrons. The third kappa shape index (κ3) is 3.76. The van der Waals surface area contributed by atoms with E-state index >= 15 is 0 Å². The van der Waals surface area contributed by atoms with E-state index in [2.05, 4.69) is 46.4 Å². The molecule has 0 aliphatic carbocycles. The highest BCUT2D eigenvalue weighted by molar-refractivity contribution is 5.78. The first-order valence-corrected chi connectivity index (χ1v) is 8.07. The second-order valence-electron chi connectivity index (χ2n) is 6.26. The van der Waals surface area contributed by atoms with Crippen LogP contribution in [0, 0.1) is 0 Å². The van der Waals surface area contributed by atoms with Gasteiger partial charge in [-0.05, 0) is 25.0 Å². The van der Waals surface area contributed by atoms with E-state index in [-0.39, 0.29) is 5.91 Å². The maximum Gasteiger partial charge on any atom is 0.234 e. The molecule has 0 radical (unpaired) electrons. The Morgan fingerprint density at radius 1 is 1.26 bits per heavy atom. The summed E-state index contributed by atoms with van der Waals surface area (Å²) in [4.78, 5) is 14.3. The first-order chi connectivity index (χ1) is 11.1. The molecule has 23 heavy (non-hydrogen) atoms. The number of benzene rings is 1. The van der Waals surface area contributed by atoms with Gasteiger partial charge in [0, 0.05) is 32.1 Å². The van der Waals surface area contributed by atoms with Crippen molar-refractivity contribution in [1.29, 1.82) is 0 Å². The van der Waals surface area contributed by atoms with E-state index < -0.39 is 0 Å². The second-order valence-corrected chi connectivity index (χ2v) is 6.26. The molecule has 0 bridgehead atoms. The van der Waals surface area contributed by atoms with Gasteiger partial charge in [0.05, 0.1) is 6.54 Å². The Morgan fingerprint density at radius 2 is 1.96 bits per heavy atom. The van der Waals surface area contributed by atoms with Crippen LogP contribution >= 0.6 is 0 Å². The predicted octanol–water partition coefficient (Wildman–Crippen LogP) is 1.53. The largest absolute Gasteiger partial charge is 0.355 e. The highest BCUT2D eigenvalue weighted by atomic mass is 16.2. The van der Waals surface area contributed by atoms with Crippen LogP contribution in [-0.4, -0.2) is 38.7 Å². The second kappa shape index (κ2) is 6.91. The van der Waals surface area contributed by atoms with Crippen LogP contribution in [0.2, 0.25) is 0 Å². The van der Waals surface area contributed by atoms with E-state index in [9.17, 15) is 4.79 Å². The van der Waals surface area contributed by atoms with Crippen LogP contribution in [0.4, 0.5) is 0 Å². The molecule has 1 aliphatic heterocycles. The minimum atomic E-state index is 0.0634. The Balaban J connectivity index is 1.43. The molecule has 2 aromatic rings. The van der Waals surface area contributed by atoms with Crippen LogP contribution in [0.15, 0.2) is 30.6 Å². The first-order valence-electron chi connectivity index (χ1n) is 8.07. The van der Waals surface area contributed by atoms with Crippen molar-refractivity contribution in [1.82, 2.24) is 25.0 Å². The van der Waals surface area contributed by atoms with Crippen LogP contribution in [0.3, 0.4) is 0 Å². The van der Waals surface area contributed by atoms with Gasteiger partial charge in [-0.2, -0.15) is 0 Å². The van der Waals surface area contributed by atoms with Crippen LogP contribution in [0.1, 0.15) is 36.8 Å². The van der Waals surface area contributed by atoms with Gasteiger partial charge in [-0.3, -0.25) is 9.69 Å². The van der Waals surface area contributed by atoms with Gasteiger partial charge in [0.15, 0.2) is 0 Å². The number of aromatic nitrogens is 3. The van der Waals surface area contributed by atoms with Gasteiger partial charge >= 0.3 is 0 Å². The monoisotopic (exact) mass is 313 g/mol. The summed E-state index contributed by atoms with van der Waals surface area (Å²) >= 11 is 0. The SMILES string of the molecule is CC(C)n1cnnc1CCNC(=O)CN1Cc2ccccc2C1. The van der Waals surface area contributed by atoms with E-state index in [4.69, 9.17) is 0 Å². The number of nitrogens with one attached hydrogen (secondary N) is 1. The number of carbonyl (C=O) groups is 1. The molecule has 1 aromatic carbocycles. The number of rotatable bonds is 6. The third-order valence-electron chi connectivity index (χ3n) is 4.15. The molecule has 1 aromatic heterocycles. The summed E-state index contributed by atoms with van der Waals surface area (Å²) in [6.07, 6.45) is 2.44. The molecule has 1 aliphatic rings. The first kappa shape index (κ1) is 15.7. The average molecular weight is 313 g/mol. The van der Waals surface area contributed by atoms with Crippen molar-refractivity contribution in [2.45, 2.75) is 39.4 Å². The Kier molecular flexibility index (Phi) is 4.71. The van der Waals surface area contributed by atoms with Gasteiger partial charge in [-0.15, -0.1) is 10.2 Å². The summed E-state index contributed by atoms with van der Waals surface area (Å²) in [5, 5.41) is 11.0. The van der Waals surface area contributed by atoms with E-state index in [0.29, 0.717) is 25.6 Å². The molecule has 6 heteroatoms. The molecule has 3 rings (SSSR count).